The lowest BCUT2D eigenvalue weighted by Gasteiger charge is -2.31. The molecule has 28 heavy (non-hydrogen) atoms. The molecule has 0 bridgehead atoms. The van der Waals surface area contributed by atoms with E-state index in [1.165, 1.54) is 0 Å². The van der Waals surface area contributed by atoms with Crippen molar-refractivity contribution in [2.45, 2.75) is 40.2 Å². The van der Waals surface area contributed by atoms with E-state index >= 15 is 0 Å². The van der Waals surface area contributed by atoms with Gasteiger partial charge in [-0.25, -0.2) is 9.97 Å². The quantitative estimate of drug-likeness (QED) is 0.859. The van der Waals surface area contributed by atoms with Crippen LogP contribution in [0, 0.1) is 27.7 Å². The van der Waals surface area contributed by atoms with Crippen molar-refractivity contribution in [3.63, 3.8) is 0 Å². The number of benzene rings is 1. The molecule has 2 aliphatic heterocycles. The van der Waals surface area contributed by atoms with Gasteiger partial charge >= 0.3 is 0 Å². The third-order valence-corrected chi connectivity index (χ3v) is 5.58. The van der Waals surface area contributed by atoms with Gasteiger partial charge in [0.15, 0.2) is 0 Å². The van der Waals surface area contributed by atoms with Crippen LogP contribution in [-0.4, -0.2) is 48.2 Å². The molecule has 0 aliphatic carbocycles. The average molecular weight is 381 g/mol. The van der Waals surface area contributed by atoms with Crippen molar-refractivity contribution in [3.8, 4) is 5.75 Å². The number of carbonyl (C=O) groups excluding carboxylic acids is 1. The Kier molecular flexibility index (Phi) is 4.71. The summed E-state index contributed by atoms with van der Waals surface area (Å²) in [5.74, 6) is 1.62. The standard InChI is InChI=1S/C21H27N5O2/c1-12-9-13(2)18-17(10-12)26(7-8-28-18)21(27)19-23-15(4)14(3)20(24-19)25-6-5-16(22)11-25/h9-10,16H,5-8,11,22H2,1-4H3/t16-/m1/s1. The minimum absolute atomic E-state index is 0.144. The smallest absolute Gasteiger partial charge is 0.296 e. The van der Waals surface area contributed by atoms with Crippen molar-refractivity contribution < 1.29 is 9.53 Å². The Balaban J connectivity index is 1.73. The second-order valence-corrected chi connectivity index (χ2v) is 7.81. The van der Waals surface area contributed by atoms with E-state index in [1.807, 2.05) is 33.8 Å². The van der Waals surface area contributed by atoms with E-state index in [4.69, 9.17) is 10.5 Å². The van der Waals surface area contributed by atoms with Crippen molar-refractivity contribution in [1.82, 2.24) is 9.97 Å². The molecule has 7 heteroatoms. The molecule has 0 unspecified atom stereocenters. The molecule has 1 aromatic heterocycles. The van der Waals surface area contributed by atoms with Crippen LogP contribution < -0.4 is 20.3 Å². The molecule has 3 heterocycles. The second kappa shape index (κ2) is 7.05. The minimum Gasteiger partial charge on any atom is -0.489 e. The van der Waals surface area contributed by atoms with E-state index in [2.05, 4.69) is 20.9 Å². The van der Waals surface area contributed by atoms with Crippen LogP contribution in [0.2, 0.25) is 0 Å². The summed E-state index contributed by atoms with van der Waals surface area (Å²) < 4.78 is 5.83. The lowest BCUT2D eigenvalue weighted by molar-refractivity contribution is 0.0966. The van der Waals surface area contributed by atoms with Crippen LogP contribution in [0.3, 0.4) is 0 Å². The molecule has 0 spiro atoms. The fraction of sp³-hybridized carbons (Fsp3) is 0.476. The van der Waals surface area contributed by atoms with Crippen molar-refractivity contribution in [2.75, 3.05) is 36.0 Å². The SMILES string of the molecule is Cc1cc(C)c2c(c1)N(C(=O)c1nc(C)c(C)c(N3CC[C@@H](N)C3)n1)CCO2. The van der Waals surface area contributed by atoms with Crippen LogP contribution in [0.5, 0.6) is 5.75 Å². The molecule has 1 aromatic carbocycles. The zero-order valence-corrected chi connectivity index (χ0v) is 17.0. The maximum absolute atomic E-state index is 13.4. The molecule has 1 saturated heterocycles. The molecular formula is C21H27N5O2. The summed E-state index contributed by atoms with van der Waals surface area (Å²) in [6.45, 7) is 10.5. The monoisotopic (exact) mass is 381 g/mol. The van der Waals surface area contributed by atoms with E-state index in [1.54, 1.807) is 4.90 Å². The van der Waals surface area contributed by atoms with E-state index < -0.39 is 0 Å². The molecule has 1 atom stereocenters. The second-order valence-electron chi connectivity index (χ2n) is 7.81. The van der Waals surface area contributed by atoms with Gasteiger partial charge in [-0.05, 0) is 51.3 Å². The highest BCUT2D eigenvalue weighted by Gasteiger charge is 2.30. The van der Waals surface area contributed by atoms with Crippen molar-refractivity contribution in [2.24, 2.45) is 5.73 Å². The third-order valence-electron chi connectivity index (χ3n) is 5.58. The number of aromatic nitrogens is 2. The first-order valence-corrected chi connectivity index (χ1v) is 9.77. The molecule has 2 N–H and O–H groups in total. The topological polar surface area (TPSA) is 84.6 Å². The van der Waals surface area contributed by atoms with E-state index in [9.17, 15) is 4.79 Å². The number of hydrogen-bond acceptors (Lipinski definition) is 6. The molecule has 0 saturated carbocycles. The molecule has 4 rings (SSSR count). The van der Waals surface area contributed by atoms with Gasteiger partial charge in [0.2, 0.25) is 5.82 Å². The number of aryl methyl sites for hydroxylation is 3. The molecule has 1 amide bonds. The zero-order valence-electron chi connectivity index (χ0n) is 17.0. The highest BCUT2D eigenvalue weighted by Crippen LogP contribution is 2.36. The number of nitrogens with two attached hydrogens (primary N) is 1. The summed E-state index contributed by atoms with van der Waals surface area (Å²) >= 11 is 0. The molecule has 2 aromatic rings. The first-order valence-electron chi connectivity index (χ1n) is 9.77. The van der Waals surface area contributed by atoms with Crippen molar-refractivity contribution >= 4 is 17.4 Å². The lowest BCUT2D eigenvalue weighted by Crippen LogP contribution is -2.39. The first kappa shape index (κ1) is 18.7. The van der Waals surface area contributed by atoms with Gasteiger partial charge in [0.05, 0.1) is 12.2 Å². The van der Waals surface area contributed by atoms with Gasteiger partial charge in [0.25, 0.3) is 5.91 Å². The van der Waals surface area contributed by atoms with Gasteiger partial charge in [-0.15, -0.1) is 0 Å². The maximum Gasteiger partial charge on any atom is 0.296 e. The van der Waals surface area contributed by atoms with Gasteiger partial charge in [-0.1, -0.05) is 6.07 Å². The van der Waals surface area contributed by atoms with Crippen LogP contribution in [-0.2, 0) is 0 Å². The number of carbonyl (C=O) groups is 1. The summed E-state index contributed by atoms with van der Waals surface area (Å²) in [5, 5.41) is 0. The van der Waals surface area contributed by atoms with Crippen LogP contribution >= 0.6 is 0 Å². The summed E-state index contributed by atoms with van der Waals surface area (Å²) in [7, 11) is 0. The molecule has 148 valence electrons. The molecule has 2 aliphatic rings. The Morgan fingerprint density at radius 2 is 1.96 bits per heavy atom. The number of amides is 1. The average Bonchev–Trinajstić information content (AvgIpc) is 3.09. The number of fused-ring (bicyclic) bond motifs is 1. The number of ether oxygens (including phenoxy) is 1. The minimum atomic E-state index is -0.192. The van der Waals surface area contributed by atoms with E-state index in [0.29, 0.717) is 13.2 Å². The number of nitrogens with zero attached hydrogens (tertiary/aromatic N) is 4. The van der Waals surface area contributed by atoms with Gasteiger partial charge in [-0.2, -0.15) is 0 Å². The lowest BCUT2D eigenvalue weighted by atomic mass is 10.1. The Morgan fingerprint density at radius 1 is 1.18 bits per heavy atom. The zero-order chi connectivity index (χ0) is 20.0. The highest BCUT2D eigenvalue weighted by atomic mass is 16.5. The van der Waals surface area contributed by atoms with Crippen LogP contribution in [0.1, 0.15) is 39.4 Å². The van der Waals surface area contributed by atoms with Crippen molar-refractivity contribution in [3.05, 3.63) is 40.3 Å². The number of hydrogen-bond donors (Lipinski definition) is 1. The largest absolute Gasteiger partial charge is 0.489 e. The van der Waals surface area contributed by atoms with E-state index in [-0.39, 0.29) is 17.8 Å². The predicted molar refractivity (Wildman–Crippen MR) is 109 cm³/mol. The number of rotatable bonds is 2. The molecular weight excluding hydrogens is 354 g/mol. The highest BCUT2D eigenvalue weighted by molar-refractivity contribution is 6.05. The van der Waals surface area contributed by atoms with Gasteiger partial charge in [0.1, 0.15) is 18.2 Å². The first-order chi connectivity index (χ1) is 13.3. The summed E-state index contributed by atoms with van der Waals surface area (Å²) in [4.78, 5) is 26.5. The number of anilines is 2. The summed E-state index contributed by atoms with van der Waals surface area (Å²) in [6.07, 6.45) is 0.932. The van der Waals surface area contributed by atoms with Gasteiger partial charge in [0, 0.05) is 30.4 Å². The summed E-state index contributed by atoms with van der Waals surface area (Å²) in [5.41, 5.74) is 10.8. The molecule has 7 nitrogen and oxygen atoms in total. The van der Waals surface area contributed by atoms with Crippen molar-refractivity contribution in [1.29, 1.82) is 0 Å². The maximum atomic E-state index is 13.4. The Labute approximate surface area is 165 Å². The molecule has 1 fully saturated rings. The Bertz CT molecular complexity index is 943. The normalized spacial score (nSPS) is 18.8. The van der Waals surface area contributed by atoms with E-state index in [0.717, 1.165) is 59.1 Å². The Morgan fingerprint density at radius 3 is 2.68 bits per heavy atom. The fourth-order valence-corrected chi connectivity index (χ4v) is 4.01. The van der Waals surface area contributed by atoms with Crippen LogP contribution in [0.4, 0.5) is 11.5 Å². The Hall–Kier alpha value is -2.67. The van der Waals surface area contributed by atoms with Gasteiger partial charge in [-0.3, -0.25) is 9.69 Å². The predicted octanol–water partition coefficient (Wildman–Crippen LogP) is 2.29. The molecule has 0 radical (unpaired) electrons. The third kappa shape index (κ3) is 3.20. The van der Waals surface area contributed by atoms with Crippen LogP contribution in [0.25, 0.3) is 0 Å². The van der Waals surface area contributed by atoms with Crippen LogP contribution in [0.15, 0.2) is 12.1 Å². The summed E-state index contributed by atoms with van der Waals surface area (Å²) in [6, 6.07) is 4.19. The van der Waals surface area contributed by atoms with Gasteiger partial charge < -0.3 is 15.4 Å². The fourth-order valence-electron chi connectivity index (χ4n) is 4.01.